The summed E-state index contributed by atoms with van der Waals surface area (Å²) in [6, 6.07) is 14.7. The fourth-order valence-electron chi connectivity index (χ4n) is 3.02. The summed E-state index contributed by atoms with van der Waals surface area (Å²) in [6.45, 7) is 3.46. The van der Waals surface area contributed by atoms with Gasteiger partial charge in [0, 0.05) is 5.56 Å². The Morgan fingerprint density at radius 1 is 1.16 bits per heavy atom. The lowest BCUT2D eigenvalue weighted by molar-refractivity contribution is 0.0459. The van der Waals surface area contributed by atoms with Crippen molar-refractivity contribution in [1.82, 2.24) is 20.0 Å². The van der Waals surface area contributed by atoms with E-state index < -0.39 is 5.97 Å². The fraction of sp³-hybridized carbons (Fsp3) is 0.182. The van der Waals surface area contributed by atoms with Gasteiger partial charge in [-0.2, -0.15) is 0 Å². The molecule has 0 spiro atoms. The lowest BCUT2D eigenvalue weighted by atomic mass is 10.2. The SMILES string of the molecule is COc1ccc(-n2nnc(C(=O)OCc3nc(-c4ccccc4)oc3C)c2C)cc1Cl. The van der Waals surface area contributed by atoms with Crippen LogP contribution in [0.5, 0.6) is 5.75 Å². The highest BCUT2D eigenvalue weighted by molar-refractivity contribution is 6.32. The standard InChI is InChI=1S/C22H19ClN4O4/c1-13-20(25-26-27(13)16-9-10-19(29-3)17(23)11-16)22(28)30-12-18-14(2)31-21(24-18)15-7-5-4-6-8-15/h4-11H,12H2,1-3H3. The number of hydrogen-bond donors (Lipinski definition) is 0. The molecule has 4 rings (SSSR count). The van der Waals surface area contributed by atoms with Gasteiger partial charge in [-0.25, -0.2) is 14.5 Å². The molecule has 0 N–H and O–H groups in total. The molecule has 2 aromatic heterocycles. The van der Waals surface area contributed by atoms with Crippen LogP contribution in [0.25, 0.3) is 17.1 Å². The lowest BCUT2D eigenvalue weighted by Gasteiger charge is -2.07. The van der Waals surface area contributed by atoms with Gasteiger partial charge in [0.1, 0.15) is 23.8 Å². The number of ether oxygens (including phenoxy) is 2. The Balaban J connectivity index is 1.49. The first-order valence-corrected chi connectivity index (χ1v) is 9.80. The number of carbonyl (C=O) groups is 1. The molecule has 0 unspecified atom stereocenters. The third-order valence-electron chi connectivity index (χ3n) is 4.72. The van der Waals surface area contributed by atoms with Crippen molar-refractivity contribution in [2.75, 3.05) is 7.11 Å². The predicted octanol–water partition coefficient (Wildman–Crippen LogP) is 4.56. The Morgan fingerprint density at radius 3 is 2.65 bits per heavy atom. The minimum Gasteiger partial charge on any atom is -0.495 e. The molecule has 31 heavy (non-hydrogen) atoms. The molecule has 0 radical (unpaired) electrons. The Morgan fingerprint density at radius 2 is 1.94 bits per heavy atom. The van der Waals surface area contributed by atoms with Crippen molar-refractivity contribution < 1.29 is 18.7 Å². The molecule has 158 valence electrons. The first-order valence-electron chi connectivity index (χ1n) is 9.43. The van der Waals surface area contributed by atoms with Gasteiger partial charge >= 0.3 is 5.97 Å². The first-order chi connectivity index (χ1) is 15.0. The van der Waals surface area contributed by atoms with Crippen LogP contribution in [0.1, 0.15) is 27.6 Å². The zero-order valence-electron chi connectivity index (χ0n) is 17.1. The number of benzene rings is 2. The Kier molecular flexibility index (Phi) is 5.73. The van der Waals surface area contributed by atoms with Gasteiger partial charge < -0.3 is 13.9 Å². The second-order valence-electron chi connectivity index (χ2n) is 6.72. The third kappa shape index (κ3) is 4.15. The molecule has 0 aliphatic rings. The van der Waals surface area contributed by atoms with Gasteiger partial charge in [-0.05, 0) is 44.2 Å². The Hall–Kier alpha value is -3.65. The van der Waals surface area contributed by atoms with Gasteiger partial charge in [-0.3, -0.25) is 0 Å². The predicted molar refractivity (Wildman–Crippen MR) is 113 cm³/mol. The highest BCUT2D eigenvalue weighted by atomic mass is 35.5. The van der Waals surface area contributed by atoms with Gasteiger partial charge in [0.2, 0.25) is 5.89 Å². The highest BCUT2D eigenvalue weighted by Crippen LogP contribution is 2.27. The van der Waals surface area contributed by atoms with E-state index in [-0.39, 0.29) is 12.3 Å². The van der Waals surface area contributed by atoms with Gasteiger partial charge in [0.25, 0.3) is 0 Å². The second-order valence-corrected chi connectivity index (χ2v) is 7.13. The number of esters is 1. The normalized spacial score (nSPS) is 10.8. The molecule has 0 amide bonds. The van der Waals surface area contributed by atoms with Crippen molar-refractivity contribution in [2.24, 2.45) is 0 Å². The maximum Gasteiger partial charge on any atom is 0.361 e. The van der Waals surface area contributed by atoms with Gasteiger partial charge in [0.15, 0.2) is 5.69 Å². The number of methoxy groups -OCH3 is 1. The van der Waals surface area contributed by atoms with Crippen molar-refractivity contribution in [1.29, 1.82) is 0 Å². The van der Waals surface area contributed by atoms with Crippen LogP contribution < -0.4 is 4.74 Å². The summed E-state index contributed by atoms with van der Waals surface area (Å²) in [6.07, 6.45) is 0. The molecule has 4 aromatic rings. The molecule has 2 aromatic carbocycles. The zero-order valence-corrected chi connectivity index (χ0v) is 17.9. The number of oxazole rings is 1. The van der Waals surface area contributed by atoms with E-state index in [0.29, 0.717) is 39.5 Å². The molecule has 0 saturated heterocycles. The maximum absolute atomic E-state index is 12.6. The number of aromatic nitrogens is 4. The van der Waals surface area contributed by atoms with Gasteiger partial charge in [0.05, 0.1) is 23.5 Å². The maximum atomic E-state index is 12.6. The van der Waals surface area contributed by atoms with E-state index in [2.05, 4.69) is 15.3 Å². The fourth-order valence-corrected chi connectivity index (χ4v) is 3.27. The summed E-state index contributed by atoms with van der Waals surface area (Å²) >= 11 is 6.19. The van der Waals surface area contributed by atoms with Crippen molar-refractivity contribution in [3.63, 3.8) is 0 Å². The smallest absolute Gasteiger partial charge is 0.361 e. The van der Waals surface area contributed by atoms with Gasteiger partial charge in [-0.15, -0.1) is 5.10 Å². The molecule has 8 nitrogen and oxygen atoms in total. The monoisotopic (exact) mass is 438 g/mol. The van der Waals surface area contributed by atoms with E-state index in [1.54, 1.807) is 32.0 Å². The average molecular weight is 439 g/mol. The van der Waals surface area contributed by atoms with E-state index in [4.69, 9.17) is 25.5 Å². The third-order valence-corrected chi connectivity index (χ3v) is 5.02. The van der Waals surface area contributed by atoms with Crippen molar-refractivity contribution >= 4 is 17.6 Å². The van der Waals surface area contributed by atoms with E-state index in [1.807, 2.05) is 30.3 Å². The van der Waals surface area contributed by atoms with Crippen LogP contribution in [0.15, 0.2) is 52.9 Å². The van der Waals surface area contributed by atoms with Crippen molar-refractivity contribution in [3.05, 3.63) is 76.4 Å². The van der Waals surface area contributed by atoms with Crippen molar-refractivity contribution in [2.45, 2.75) is 20.5 Å². The van der Waals surface area contributed by atoms with E-state index >= 15 is 0 Å². The summed E-state index contributed by atoms with van der Waals surface area (Å²) in [7, 11) is 1.54. The first kappa shape index (κ1) is 20.6. The molecule has 0 atom stereocenters. The van der Waals surface area contributed by atoms with Crippen LogP contribution in [0, 0.1) is 13.8 Å². The summed E-state index contributed by atoms with van der Waals surface area (Å²) in [5, 5.41) is 8.45. The number of rotatable bonds is 6. The Bertz CT molecular complexity index is 1230. The van der Waals surface area contributed by atoms with Crippen LogP contribution in [0.2, 0.25) is 5.02 Å². The zero-order chi connectivity index (χ0) is 22.0. The minimum absolute atomic E-state index is 0.0400. The van der Waals surface area contributed by atoms with Crippen LogP contribution in [-0.2, 0) is 11.3 Å². The molecule has 0 fully saturated rings. The second kappa shape index (κ2) is 8.61. The van der Waals surface area contributed by atoms with Gasteiger partial charge in [-0.1, -0.05) is 35.0 Å². The van der Waals surface area contributed by atoms with Crippen LogP contribution in [0.4, 0.5) is 0 Å². The highest BCUT2D eigenvalue weighted by Gasteiger charge is 2.21. The molecule has 0 bridgehead atoms. The molecule has 0 aliphatic heterocycles. The number of aryl methyl sites for hydroxylation is 1. The van der Waals surface area contributed by atoms with E-state index in [9.17, 15) is 4.79 Å². The lowest BCUT2D eigenvalue weighted by Crippen LogP contribution is -2.09. The summed E-state index contributed by atoms with van der Waals surface area (Å²) in [5.74, 6) is 0.996. The molecule has 2 heterocycles. The van der Waals surface area contributed by atoms with Crippen LogP contribution >= 0.6 is 11.6 Å². The Labute approximate surface area is 183 Å². The average Bonchev–Trinajstić information content (AvgIpc) is 3.35. The number of nitrogens with zero attached hydrogens (tertiary/aromatic N) is 4. The molecular formula is C22H19ClN4O4. The van der Waals surface area contributed by atoms with E-state index in [0.717, 1.165) is 5.56 Å². The molecule has 0 saturated carbocycles. The number of carbonyl (C=O) groups excluding carboxylic acids is 1. The molecule has 0 aliphatic carbocycles. The van der Waals surface area contributed by atoms with Crippen LogP contribution in [0.3, 0.4) is 0 Å². The summed E-state index contributed by atoms with van der Waals surface area (Å²) in [5.41, 5.74) is 2.67. The topological polar surface area (TPSA) is 92.3 Å². The number of halogens is 1. The summed E-state index contributed by atoms with van der Waals surface area (Å²) < 4.78 is 17.8. The quantitative estimate of drug-likeness (QED) is 0.407. The largest absolute Gasteiger partial charge is 0.495 e. The molecule has 9 heteroatoms. The minimum atomic E-state index is -0.605. The summed E-state index contributed by atoms with van der Waals surface area (Å²) in [4.78, 5) is 17.0. The van der Waals surface area contributed by atoms with E-state index in [1.165, 1.54) is 11.8 Å². The number of hydrogen-bond acceptors (Lipinski definition) is 7. The van der Waals surface area contributed by atoms with Crippen molar-refractivity contribution in [3.8, 4) is 22.9 Å². The van der Waals surface area contributed by atoms with Crippen LogP contribution in [-0.4, -0.2) is 33.1 Å². The molecular weight excluding hydrogens is 420 g/mol.